The van der Waals surface area contributed by atoms with Crippen molar-refractivity contribution in [2.75, 3.05) is 116 Å². The van der Waals surface area contributed by atoms with E-state index in [0.29, 0.717) is 80.2 Å². The van der Waals surface area contributed by atoms with E-state index in [2.05, 4.69) is 55.7 Å². The van der Waals surface area contributed by atoms with Crippen LogP contribution in [0.15, 0.2) is 36.4 Å². The summed E-state index contributed by atoms with van der Waals surface area (Å²) < 4.78 is 106. The molecule has 4 aliphatic heterocycles. The number of ether oxygens (including phenoxy) is 5. The van der Waals surface area contributed by atoms with Crippen LogP contribution in [0.4, 0.5) is 43.0 Å². The molecule has 548 valence electrons. The lowest BCUT2D eigenvalue weighted by Gasteiger charge is -2.27. The molecular weight excluding hydrogens is 1290 g/mol. The molecule has 2 aromatic carbocycles. The maximum absolute atomic E-state index is 13.8. The van der Waals surface area contributed by atoms with E-state index in [1.54, 1.807) is 17.0 Å². The van der Waals surface area contributed by atoms with Gasteiger partial charge in [0.15, 0.2) is 24.8 Å². The number of carbonyl (C=O) groups excluding carboxylic acids is 3. The normalized spacial score (nSPS) is 19.7. The van der Waals surface area contributed by atoms with Crippen molar-refractivity contribution in [1.82, 2.24) is 49.9 Å². The third-order valence-electron chi connectivity index (χ3n) is 19.1. The van der Waals surface area contributed by atoms with Crippen LogP contribution in [-0.4, -0.2) is 185 Å². The van der Waals surface area contributed by atoms with E-state index < -0.39 is 37.2 Å². The summed E-state index contributed by atoms with van der Waals surface area (Å²) >= 11 is 0. The SMILES string of the molecule is CC(C)(C)OC(=O)N1CCCCCCCCNc2nc(nc(OCC(F)(F)F)n2)Cc2ccc(C(=O)CCC3(CN4CCCC4)CC3)c(c2)OCCC1.O=C(CCC1(CN2CCCC2)CC1)c1ccc2cc1OCCCNCCCCCCCCNc1nc(nc(OCC(F)(F)F)n1)C2. The van der Waals surface area contributed by atoms with E-state index >= 15 is 0 Å². The number of likely N-dealkylation sites (tertiary alicyclic amines) is 2. The van der Waals surface area contributed by atoms with Crippen molar-refractivity contribution in [3.63, 3.8) is 0 Å². The van der Waals surface area contributed by atoms with Crippen LogP contribution >= 0.6 is 0 Å². The minimum Gasteiger partial charge on any atom is -0.493 e. The number of nitrogens with zero attached hydrogens (tertiary/aromatic N) is 9. The van der Waals surface area contributed by atoms with Gasteiger partial charge >= 0.3 is 30.5 Å². The number of benzene rings is 2. The molecule has 26 heteroatoms. The van der Waals surface area contributed by atoms with Gasteiger partial charge in [0.05, 0.1) is 24.3 Å². The van der Waals surface area contributed by atoms with Gasteiger partial charge in [-0.05, 0) is 209 Å². The third-order valence-corrected chi connectivity index (χ3v) is 19.1. The van der Waals surface area contributed by atoms with Crippen molar-refractivity contribution in [1.29, 1.82) is 0 Å². The van der Waals surface area contributed by atoms with Gasteiger partial charge in [-0.15, -0.1) is 0 Å². The van der Waals surface area contributed by atoms with E-state index in [9.17, 15) is 40.7 Å². The number of rotatable bonds is 16. The van der Waals surface area contributed by atoms with Crippen molar-refractivity contribution >= 4 is 29.6 Å². The van der Waals surface area contributed by atoms with Gasteiger partial charge in [0, 0.05) is 65.0 Å². The predicted molar refractivity (Wildman–Crippen MR) is 366 cm³/mol. The number of hydrogen-bond donors (Lipinski definition) is 3. The fraction of sp³-hybridized carbons (Fsp3) is 0.712. The number of halogens is 6. The molecule has 3 N–H and O–H groups in total. The first kappa shape index (κ1) is 76.5. The Labute approximate surface area is 580 Å². The Morgan fingerprint density at radius 1 is 0.495 bits per heavy atom. The Hall–Kier alpha value is -6.67. The maximum Gasteiger partial charge on any atom is 0.422 e. The number of alkyl halides is 6. The van der Waals surface area contributed by atoms with Gasteiger partial charge in [0.1, 0.15) is 28.7 Å². The smallest absolute Gasteiger partial charge is 0.422 e. The van der Waals surface area contributed by atoms with Gasteiger partial charge in [-0.3, -0.25) is 9.59 Å². The molecule has 0 radical (unpaired) electrons. The van der Waals surface area contributed by atoms with E-state index in [0.717, 1.165) is 154 Å². The highest BCUT2D eigenvalue weighted by atomic mass is 19.4. The summed E-state index contributed by atoms with van der Waals surface area (Å²) in [5.74, 6) is 1.86. The standard InChI is InChI=1S/C39H57F3N6O5.C34H49F3N6O3/c1-37(2,3)53-36(50)48-22-9-7-5-4-6-8-19-43-34-44-33(45-35(46-34)52-28-39(40,41)42)26-29-13-14-30(32(25-29)51-24-12-23-48)31(49)15-16-38(17-18-38)27-47-20-10-11-21-47;35-34(36,37)25-46-32-41-30-23-26-10-11-27(28(44)12-13-33(14-15-33)24-43-19-7-8-20-43)29(22-26)45-21-9-17-38-16-5-3-1-2-4-6-18-39-31(40-30)42-32/h13-14,25H,4-12,15-24,26-28H2,1-3H3,(H,43,44,45,46);10-11,22,38H,1-9,12-21,23-25H2,(H,39,40,41,42). The van der Waals surface area contributed by atoms with Crippen LogP contribution in [0, 0.1) is 10.8 Å². The van der Waals surface area contributed by atoms with Crippen molar-refractivity contribution < 1.29 is 64.4 Å². The maximum atomic E-state index is 13.8. The number of amides is 1. The molecule has 2 saturated carbocycles. The molecule has 8 bridgehead atoms. The summed E-state index contributed by atoms with van der Waals surface area (Å²) in [6.07, 6.45) is 16.6. The summed E-state index contributed by atoms with van der Waals surface area (Å²) in [6, 6.07) is 10.1. The molecule has 6 aliphatic rings. The van der Waals surface area contributed by atoms with Crippen LogP contribution in [0.2, 0.25) is 0 Å². The largest absolute Gasteiger partial charge is 0.493 e. The Balaban J connectivity index is 0.000000234. The van der Waals surface area contributed by atoms with Gasteiger partial charge in [0.2, 0.25) is 11.9 Å². The van der Waals surface area contributed by atoms with Crippen molar-refractivity contribution in [2.45, 2.75) is 219 Å². The first-order valence-electron chi connectivity index (χ1n) is 36.6. The van der Waals surface area contributed by atoms with Crippen LogP contribution in [0.3, 0.4) is 0 Å². The second-order valence-corrected chi connectivity index (χ2v) is 29.1. The third kappa shape index (κ3) is 27.7. The van der Waals surface area contributed by atoms with E-state index in [4.69, 9.17) is 23.7 Å². The molecular formula is C73H106F6N12O8. The number of ketones is 2. The highest BCUT2D eigenvalue weighted by molar-refractivity contribution is 5.99. The highest BCUT2D eigenvalue weighted by Gasteiger charge is 2.45. The first-order valence-corrected chi connectivity index (χ1v) is 36.6. The lowest BCUT2D eigenvalue weighted by Crippen LogP contribution is -2.38. The van der Waals surface area contributed by atoms with E-state index in [-0.39, 0.29) is 77.5 Å². The van der Waals surface area contributed by atoms with Gasteiger partial charge in [0.25, 0.3) is 0 Å². The molecule has 2 saturated heterocycles. The zero-order valence-electron chi connectivity index (χ0n) is 58.6. The molecule has 0 atom stereocenters. The molecule has 2 aliphatic carbocycles. The number of Topliss-reactive ketones (excluding diaryl/α,β-unsaturated/α-hetero) is 2. The van der Waals surface area contributed by atoms with Crippen molar-refractivity contribution in [3.05, 3.63) is 70.3 Å². The first-order chi connectivity index (χ1) is 47.5. The molecule has 6 heterocycles. The number of fused-ring (bicyclic) bond motifs is 8. The zero-order chi connectivity index (χ0) is 70.1. The van der Waals surface area contributed by atoms with Crippen molar-refractivity contribution in [3.8, 4) is 23.5 Å². The Morgan fingerprint density at radius 2 is 0.899 bits per heavy atom. The van der Waals surface area contributed by atoms with Crippen LogP contribution in [-0.2, 0) is 17.6 Å². The summed E-state index contributed by atoms with van der Waals surface area (Å²) in [5.41, 5.74) is 2.41. The number of carbonyl (C=O) groups is 3. The van der Waals surface area contributed by atoms with Gasteiger partial charge in [-0.2, -0.15) is 56.2 Å². The van der Waals surface area contributed by atoms with Crippen LogP contribution in [0.5, 0.6) is 23.5 Å². The fourth-order valence-corrected chi connectivity index (χ4v) is 13.3. The monoisotopic (exact) mass is 1390 g/mol. The van der Waals surface area contributed by atoms with Crippen LogP contribution < -0.4 is 34.9 Å². The van der Waals surface area contributed by atoms with Gasteiger partial charge in [-0.25, -0.2) is 4.79 Å². The quantitative estimate of drug-likeness (QED) is 0.0701. The molecule has 0 spiro atoms. The lowest BCUT2D eigenvalue weighted by molar-refractivity contribution is -0.155. The number of anilines is 2. The molecule has 1 amide bonds. The lowest BCUT2D eigenvalue weighted by atomic mass is 9.94. The Morgan fingerprint density at radius 3 is 1.34 bits per heavy atom. The van der Waals surface area contributed by atoms with Gasteiger partial charge < -0.3 is 54.3 Å². The highest BCUT2D eigenvalue weighted by Crippen LogP contribution is 2.52. The molecule has 2 aromatic heterocycles. The second kappa shape index (κ2) is 37.3. The Bertz CT molecular complexity index is 3190. The van der Waals surface area contributed by atoms with E-state index in [1.807, 2.05) is 45.0 Å². The topological polar surface area (TPSA) is 221 Å². The second-order valence-electron chi connectivity index (χ2n) is 29.1. The average Bonchev–Trinajstić information content (AvgIpc) is 1.66. The van der Waals surface area contributed by atoms with E-state index in [1.165, 1.54) is 51.6 Å². The Kier molecular flexibility index (Phi) is 28.8. The van der Waals surface area contributed by atoms with Crippen LogP contribution in [0.1, 0.15) is 231 Å². The van der Waals surface area contributed by atoms with Gasteiger partial charge in [-0.1, -0.05) is 63.5 Å². The predicted octanol–water partition coefficient (Wildman–Crippen LogP) is 14.4. The molecule has 99 heavy (non-hydrogen) atoms. The summed E-state index contributed by atoms with van der Waals surface area (Å²) in [7, 11) is 0. The number of hydrogen-bond acceptors (Lipinski definition) is 19. The molecule has 20 nitrogen and oxygen atoms in total. The number of aromatic nitrogens is 6. The fourth-order valence-electron chi connectivity index (χ4n) is 13.3. The minimum absolute atomic E-state index is 0.00892. The summed E-state index contributed by atoms with van der Waals surface area (Å²) in [5, 5.41) is 9.75. The number of nitrogens with one attached hydrogen (secondary N) is 3. The average molecular weight is 1390 g/mol. The summed E-state index contributed by atoms with van der Waals surface area (Å²) in [6.45, 7) is 14.0. The molecule has 4 aromatic rings. The summed E-state index contributed by atoms with van der Waals surface area (Å²) in [4.78, 5) is 72.8. The zero-order valence-corrected chi connectivity index (χ0v) is 58.6. The molecule has 10 rings (SSSR count). The molecule has 4 fully saturated rings. The minimum atomic E-state index is -4.55. The van der Waals surface area contributed by atoms with Crippen LogP contribution in [0.25, 0.3) is 0 Å². The molecule has 0 unspecified atom stereocenters. The van der Waals surface area contributed by atoms with Crippen molar-refractivity contribution in [2.24, 2.45) is 10.8 Å².